The molecule has 0 bridgehead atoms. The second-order valence-electron chi connectivity index (χ2n) is 6.24. The topological polar surface area (TPSA) is 58.5 Å². The smallest absolute Gasteiger partial charge is 0.135 e. The first-order valence-corrected chi connectivity index (χ1v) is 7.43. The summed E-state index contributed by atoms with van der Waals surface area (Å²) in [7, 11) is 0. The average Bonchev–Trinajstić information content (AvgIpc) is 3.20. The molecule has 0 amide bonds. The Morgan fingerprint density at radius 1 is 1.45 bits per heavy atom. The molecule has 0 radical (unpaired) electrons. The van der Waals surface area contributed by atoms with E-state index < -0.39 is 0 Å². The molecule has 1 aromatic rings. The highest BCUT2D eigenvalue weighted by Crippen LogP contribution is 2.39. The highest BCUT2D eigenvalue weighted by atomic mass is 35.5. The maximum Gasteiger partial charge on any atom is 0.135 e. The maximum absolute atomic E-state index is 9.38. The van der Waals surface area contributed by atoms with Gasteiger partial charge in [-0.05, 0) is 26.7 Å². The number of anilines is 1. The minimum atomic E-state index is -0.317. The van der Waals surface area contributed by atoms with Crippen LogP contribution in [0.1, 0.15) is 38.4 Å². The molecule has 1 aromatic heterocycles. The molecule has 2 heterocycles. The molecule has 1 saturated heterocycles. The average molecular weight is 298 g/mol. The van der Waals surface area contributed by atoms with Gasteiger partial charge in [0.25, 0.3) is 0 Å². The second kappa shape index (κ2) is 5.13. The Morgan fingerprint density at radius 3 is 2.85 bits per heavy atom. The zero-order valence-electron chi connectivity index (χ0n) is 11.8. The van der Waals surface area contributed by atoms with Gasteiger partial charge in [0.05, 0.1) is 18.3 Å². The van der Waals surface area contributed by atoms with Crippen molar-refractivity contribution in [1.82, 2.24) is 9.97 Å². The number of halogens is 1. The molecule has 5 nitrogen and oxygen atoms in total. The summed E-state index contributed by atoms with van der Waals surface area (Å²) in [5.41, 5.74) is -0.317. The lowest BCUT2D eigenvalue weighted by atomic mass is 10.1. The van der Waals surface area contributed by atoms with E-state index in [9.17, 15) is 5.11 Å². The maximum atomic E-state index is 9.38. The number of aliphatic hydroxyl groups is 1. The molecule has 110 valence electrons. The molecule has 1 unspecified atom stereocenters. The summed E-state index contributed by atoms with van der Waals surface area (Å²) in [6.45, 7) is 5.39. The molecule has 1 N–H and O–H groups in total. The van der Waals surface area contributed by atoms with Crippen LogP contribution in [0.25, 0.3) is 0 Å². The third-order valence-corrected chi connectivity index (χ3v) is 3.84. The van der Waals surface area contributed by atoms with Crippen LogP contribution in [-0.2, 0) is 4.74 Å². The van der Waals surface area contributed by atoms with Gasteiger partial charge in [0.1, 0.15) is 16.8 Å². The van der Waals surface area contributed by atoms with Gasteiger partial charge in [-0.2, -0.15) is 0 Å². The Labute approximate surface area is 123 Å². The Morgan fingerprint density at radius 2 is 2.20 bits per heavy atom. The molecule has 2 fully saturated rings. The highest BCUT2D eigenvalue weighted by Gasteiger charge is 2.35. The van der Waals surface area contributed by atoms with Crippen LogP contribution in [0.5, 0.6) is 0 Å². The number of hydrogen-bond donors (Lipinski definition) is 1. The van der Waals surface area contributed by atoms with Crippen LogP contribution in [0.2, 0.25) is 5.15 Å². The van der Waals surface area contributed by atoms with E-state index in [4.69, 9.17) is 16.3 Å². The van der Waals surface area contributed by atoms with Crippen LogP contribution >= 0.6 is 11.6 Å². The molecule has 1 atom stereocenters. The van der Waals surface area contributed by atoms with Gasteiger partial charge in [-0.15, -0.1) is 0 Å². The summed E-state index contributed by atoms with van der Waals surface area (Å²) in [6.07, 6.45) is 2.10. The molecule has 6 heteroatoms. The van der Waals surface area contributed by atoms with Crippen LogP contribution < -0.4 is 4.90 Å². The fraction of sp³-hybridized carbons (Fsp3) is 0.714. The molecule has 3 rings (SSSR count). The lowest BCUT2D eigenvalue weighted by molar-refractivity contribution is -0.101. The fourth-order valence-corrected chi connectivity index (χ4v) is 2.86. The van der Waals surface area contributed by atoms with Crippen molar-refractivity contribution in [3.63, 3.8) is 0 Å². The fourth-order valence-electron chi connectivity index (χ4n) is 2.67. The molecule has 0 spiro atoms. The van der Waals surface area contributed by atoms with Crippen molar-refractivity contribution in [2.75, 3.05) is 24.6 Å². The van der Waals surface area contributed by atoms with E-state index in [0.717, 1.165) is 31.0 Å². The third kappa shape index (κ3) is 3.05. The van der Waals surface area contributed by atoms with Crippen LogP contribution in [0.4, 0.5) is 5.82 Å². The molecule has 1 saturated carbocycles. The molecule has 0 aromatic carbocycles. The van der Waals surface area contributed by atoms with Crippen LogP contribution in [0, 0.1) is 0 Å². The first-order chi connectivity index (χ1) is 9.47. The van der Waals surface area contributed by atoms with Gasteiger partial charge in [-0.25, -0.2) is 9.97 Å². The van der Waals surface area contributed by atoms with E-state index >= 15 is 0 Å². The van der Waals surface area contributed by atoms with Crippen LogP contribution in [-0.4, -0.2) is 46.5 Å². The van der Waals surface area contributed by atoms with E-state index in [-0.39, 0.29) is 18.3 Å². The zero-order valence-corrected chi connectivity index (χ0v) is 12.6. The summed E-state index contributed by atoms with van der Waals surface area (Å²) in [6, 6.07) is 1.79. The van der Waals surface area contributed by atoms with Crippen molar-refractivity contribution in [3.8, 4) is 0 Å². The van der Waals surface area contributed by atoms with Gasteiger partial charge >= 0.3 is 0 Å². The van der Waals surface area contributed by atoms with E-state index in [0.29, 0.717) is 17.6 Å². The summed E-state index contributed by atoms with van der Waals surface area (Å²) >= 11 is 6.12. The van der Waals surface area contributed by atoms with Gasteiger partial charge in [0, 0.05) is 25.1 Å². The Kier molecular flexibility index (Phi) is 3.60. The molecule has 2 aliphatic rings. The van der Waals surface area contributed by atoms with Crippen molar-refractivity contribution in [3.05, 3.63) is 17.0 Å². The highest BCUT2D eigenvalue weighted by molar-refractivity contribution is 6.29. The first kappa shape index (κ1) is 14.0. The number of aromatic nitrogens is 2. The van der Waals surface area contributed by atoms with Crippen molar-refractivity contribution in [2.24, 2.45) is 0 Å². The van der Waals surface area contributed by atoms with Crippen molar-refractivity contribution < 1.29 is 9.84 Å². The van der Waals surface area contributed by atoms with E-state index in [2.05, 4.69) is 14.9 Å². The van der Waals surface area contributed by atoms with E-state index in [1.165, 1.54) is 0 Å². The SMILES string of the molecule is CC1(C)CN(c2cc(Cl)nc(C3CC3)n2)CC(CO)O1. The quantitative estimate of drug-likeness (QED) is 0.865. The van der Waals surface area contributed by atoms with Gasteiger partial charge in [0.2, 0.25) is 0 Å². The van der Waals surface area contributed by atoms with Crippen molar-refractivity contribution in [1.29, 1.82) is 0 Å². The number of hydrogen-bond acceptors (Lipinski definition) is 5. The normalized spacial score (nSPS) is 25.8. The lowest BCUT2D eigenvalue weighted by Gasteiger charge is -2.42. The standard InChI is InChI=1S/C14H20ClN3O2/c1-14(2)8-18(6-10(7-19)20-14)12-5-11(15)16-13(17-12)9-3-4-9/h5,9-10,19H,3-4,6-8H2,1-2H3. The number of ether oxygens (including phenoxy) is 1. The number of rotatable bonds is 3. The Balaban J connectivity index is 1.87. The van der Waals surface area contributed by atoms with Gasteiger partial charge in [-0.1, -0.05) is 11.6 Å². The Bertz CT molecular complexity index is 505. The molecule has 1 aliphatic heterocycles. The lowest BCUT2D eigenvalue weighted by Crippen LogP contribution is -2.54. The van der Waals surface area contributed by atoms with Gasteiger partial charge in [-0.3, -0.25) is 0 Å². The first-order valence-electron chi connectivity index (χ1n) is 7.05. The summed E-state index contributed by atoms with van der Waals surface area (Å²) in [5.74, 6) is 2.15. The van der Waals surface area contributed by atoms with E-state index in [1.807, 2.05) is 13.8 Å². The Hall–Kier alpha value is -0.910. The van der Waals surface area contributed by atoms with E-state index in [1.54, 1.807) is 6.07 Å². The summed E-state index contributed by atoms with van der Waals surface area (Å²) < 4.78 is 5.83. The van der Waals surface area contributed by atoms with Crippen LogP contribution in [0.15, 0.2) is 6.07 Å². The second-order valence-corrected chi connectivity index (χ2v) is 6.63. The minimum Gasteiger partial charge on any atom is -0.394 e. The zero-order chi connectivity index (χ0) is 14.3. The largest absolute Gasteiger partial charge is 0.394 e. The van der Waals surface area contributed by atoms with Crippen LogP contribution in [0.3, 0.4) is 0 Å². The predicted molar refractivity (Wildman–Crippen MR) is 77.3 cm³/mol. The summed E-state index contributed by atoms with van der Waals surface area (Å²) in [4.78, 5) is 11.1. The van der Waals surface area contributed by atoms with Gasteiger partial charge in [0.15, 0.2) is 0 Å². The molecule has 20 heavy (non-hydrogen) atoms. The monoisotopic (exact) mass is 297 g/mol. The third-order valence-electron chi connectivity index (χ3n) is 3.65. The predicted octanol–water partition coefficient (Wildman–Crippen LogP) is 1.98. The summed E-state index contributed by atoms with van der Waals surface area (Å²) in [5, 5.41) is 9.87. The number of aliphatic hydroxyl groups excluding tert-OH is 1. The van der Waals surface area contributed by atoms with Crippen molar-refractivity contribution in [2.45, 2.75) is 44.3 Å². The molecular formula is C14H20ClN3O2. The molecule has 1 aliphatic carbocycles. The molecular weight excluding hydrogens is 278 g/mol. The van der Waals surface area contributed by atoms with Crippen molar-refractivity contribution >= 4 is 17.4 Å². The number of nitrogens with zero attached hydrogens (tertiary/aromatic N) is 3. The number of morpholine rings is 1. The minimum absolute atomic E-state index is 0.00816. The van der Waals surface area contributed by atoms with Gasteiger partial charge < -0.3 is 14.7 Å².